The number of aromatic nitrogens is 1. The maximum absolute atomic E-state index is 10.9. The van der Waals surface area contributed by atoms with Gasteiger partial charge in [-0.25, -0.2) is 4.98 Å². The van der Waals surface area contributed by atoms with Crippen molar-refractivity contribution in [2.75, 3.05) is 18.5 Å². The van der Waals surface area contributed by atoms with E-state index in [0.717, 1.165) is 31.8 Å². The molecule has 1 aliphatic rings. The van der Waals surface area contributed by atoms with Crippen LogP contribution in [-0.4, -0.2) is 29.6 Å². The third-order valence-electron chi connectivity index (χ3n) is 2.99. The first-order valence-corrected chi connectivity index (χ1v) is 5.73. The molecule has 2 heterocycles. The minimum atomic E-state index is -0.463. The second kappa shape index (κ2) is 4.71. The SMILES string of the molecule is CC1(CNc2ccc(C(N)=O)cn2)CCCO1. The number of rotatable bonds is 4. The Morgan fingerprint density at radius 2 is 2.47 bits per heavy atom. The van der Waals surface area contributed by atoms with Gasteiger partial charge in [0.1, 0.15) is 5.82 Å². The molecule has 0 radical (unpaired) electrons. The van der Waals surface area contributed by atoms with E-state index in [0.29, 0.717) is 5.56 Å². The summed E-state index contributed by atoms with van der Waals surface area (Å²) in [4.78, 5) is 15.0. The Kier molecular flexibility index (Phi) is 3.28. The van der Waals surface area contributed by atoms with Gasteiger partial charge in [0.15, 0.2) is 0 Å². The number of carbonyl (C=O) groups is 1. The van der Waals surface area contributed by atoms with Crippen molar-refractivity contribution >= 4 is 11.7 Å². The zero-order valence-corrected chi connectivity index (χ0v) is 9.90. The Morgan fingerprint density at radius 3 is 3.00 bits per heavy atom. The quantitative estimate of drug-likeness (QED) is 0.821. The van der Waals surface area contributed by atoms with Gasteiger partial charge in [-0.1, -0.05) is 0 Å². The van der Waals surface area contributed by atoms with Gasteiger partial charge in [0.2, 0.25) is 5.91 Å². The predicted molar refractivity (Wildman–Crippen MR) is 64.8 cm³/mol. The summed E-state index contributed by atoms with van der Waals surface area (Å²) in [6, 6.07) is 3.41. The number of carbonyl (C=O) groups excluding carboxylic acids is 1. The first kappa shape index (κ1) is 11.9. The lowest BCUT2D eigenvalue weighted by atomic mass is 10.0. The molecule has 5 heteroatoms. The molecule has 17 heavy (non-hydrogen) atoms. The highest BCUT2D eigenvalue weighted by molar-refractivity contribution is 5.92. The lowest BCUT2D eigenvalue weighted by molar-refractivity contribution is 0.0314. The monoisotopic (exact) mass is 235 g/mol. The number of hydrogen-bond acceptors (Lipinski definition) is 4. The number of primary amides is 1. The van der Waals surface area contributed by atoms with Gasteiger partial charge in [-0.05, 0) is 31.9 Å². The van der Waals surface area contributed by atoms with Crippen molar-refractivity contribution in [2.24, 2.45) is 5.73 Å². The summed E-state index contributed by atoms with van der Waals surface area (Å²) in [5.41, 5.74) is 5.45. The van der Waals surface area contributed by atoms with E-state index in [-0.39, 0.29) is 5.60 Å². The number of amides is 1. The summed E-state index contributed by atoms with van der Waals surface area (Å²) in [6.07, 6.45) is 3.63. The molecule has 0 saturated carbocycles. The molecule has 2 rings (SSSR count). The van der Waals surface area contributed by atoms with Crippen LogP contribution in [0.2, 0.25) is 0 Å². The van der Waals surface area contributed by atoms with E-state index in [4.69, 9.17) is 10.5 Å². The van der Waals surface area contributed by atoms with E-state index in [2.05, 4.69) is 17.2 Å². The van der Waals surface area contributed by atoms with Gasteiger partial charge >= 0.3 is 0 Å². The Hall–Kier alpha value is -1.62. The summed E-state index contributed by atoms with van der Waals surface area (Å²) >= 11 is 0. The molecule has 1 atom stereocenters. The zero-order valence-electron chi connectivity index (χ0n) is 9.90. The summed E-state index contributed by atoms with van der Waals surface area (Å²) in [6.45, 7) is 3.63. The summed E-state index contributed by atoms with van der Waals surface area (Å²) in [5.74, 6) is 0.266. The maximum Gasteiger partial charge on any atom is 0.250 e. The third kappa shape index (κ3) is 2.94. The second-order valence-corrected chi connectivity index (χ2v) is 4.55. The Labute approximate surface area is 100 Å². The molecule has 1 amide bonds. The summed E-state index contributed by atoms with van der Waals surface area (Å²) < 4.78 is 5.66. The first-order valence-electron chi connectivity index (χ1n) is 5.73. The van der Waals surface area contributed by atoms with Crippen molar-refractivity contribution < 1.29 is 9.53 Å². The van der Waals surface area contributed by atoms with Crippen LogP contribution in [0.1, 0.15) is 30.1 Å². The van der Waals surface area contributed by atoms with E-state index in [1.807, 2.05) is 0 Å². The number of nitrogens with one attached hydrogen (secondary N) is 1. The van der Waals surface area contributed by atoms with E-state index in [1.54, 1.807) is 12.1 Å². The van der Waals surface area contributed by atoms with E-state index in [9.17, 15) is 4.79 Å². The van der Waals surface area contributed by atoms with Crippen LogP contribution in [0.5, 0.6) is 0 Å². The van der Waals surface area contributed by atoms with Crippen molar-refractivity contribution in [3.63, 3.8) is 0 Å². The molecule has 92 valence electrons. The average molecular weight is 235 g/mol. The molecular formula is C12H17N3O2. The van der Waals surface area contributed by atoms with Gasteiger partial charge in [-0.2, -0.15) is 0 Å². The highest BCUT2D eigenvalue weighted by Gasteiger charge is 2.29. The lowest BCUT2D eigenvalue weighted by Crippen LogP contribution is -2.32. The fraction of sp³-hybridized carbons (Fsp3) is 0.500. The van der Waals surface area contributed by atoms with Gasteiger partial charge in [-0.3, -0.25) is 4.79 Å². The molecule has 1 aromatic rings. The molecular weight excluding hydrogens is 218 g/mol. The predicted octanol–water partition coefficient (Wildman–Crippen LogP) is 1.16. The van der Waals surface area contributed by atoms with Crippen LogP contribution >= 0.6 is 0 Å². The van der Waals surface area contributed by atoms with Crippen LogP contribution in [0.4, 0.5) is 5.82 Å². The topological polar surface area (TPSA) is 77.2 Å². The third-order valence-corrected chi connectivity index (χ3v) is 2.99. The Balaban J connectivity index is 1.93. The number of anilines is 1. The van der Waals surface area contributed by atoms with E-state index < -0.39 is 5.91 Å². The van der Waals surface area contributed by atoms with Crippen LogP contribution in [0, 0.1) is 0 Å². The molecule has 0 spiro atoms. The molecule has 1 fully saturated rings. The van der Waals surface area contributed by atoms with Crippen molar-refractivity contribution in [2.45, 2.75) is 25.4 Å². The normalized spacial score (nSPS) is 23.6. The minimum Gasteiger partial charge on any atom is -0.373 e. The molecule has 3 N–H and O–H groups in total. The van der Waals surface area contributed by atoms with E-state index >= 15 is 0 Å². The lowest BCUT2D eigenvalue weighted by Gasteiger charge is -2.23. The van der Waals surface area contributed by atoms with Crippen molar-refractivity contribution in [3.05, 3.63) is 23.9 Å². The van der Waals surface area contributed by atoms with Crippen LogP contribution in [0.3, 0.4) is 0 Å². The standard InChI is InChI=1S/C12H17N3O2/c1-12(5-2-6-17-12)8-15-10-4-3-9(7-14-10)11(13)16/h3-4,7H,2,5-6,8H2,1H3,(H2,13,16)(H,14,15). The molecule has 1 aromatic heterocycles. The molecule has 0 aliphatic carbocycles. The van der Waals surface area contributed by atoms with Gasteiger partial charge in [0.05, 0.1) is 11.2 Å². The second-order valence-electron chi connectivity index (χ2n) is 4.55. The van der Waals surface area contributed by atoms with Gasteiger partial charge < -0.3 is 15.8 Å². The first-order chi connectivity index (χ1) is 8.09. The Morgan fingerprint density at radius 1 is 1.65 bits per heavy atom. The van der Waals surface area contributed by atoms with Gasteiger partial charge in [-0.15, -0.1) is 0 Å². The minimum absolute atomic E-state index is 0.107. The van der Waals surface area contributed by atoms with Crippen LogP contribution in [-0.2, 0) is 4.74 Å². The van der Waals surface area contributed by atoms with Crippen LogP contribution < -0.4 is 11.1 Å². The number of ether oxygens (including phenoxy) is 1. The number of nitrogens with zero attached hydrogens (tertiary/aromatic N) is 1. The number of nitrogens with two attached hydrogens (primary N) is 1. The smallest absolute Gasteiger partial charge is 0.250 e. The van der Waals surface area contributed by atoms with Crippen molar-refractivity contribution in [1.82, 2.24) is 4.98 Å². The Bertz CT molecular complexity index is 397. The molecule has 1 unspecified atom stereocenters. The highest BCUT2D eigenvalue weighted by atomic mass is 16.5. The fourth-order valence-electron chi connectivity index (χ4n) is 1.90. The number of hydrogen-bond donors (Lipinski definition) is 2. The molecule has 0 aromatic carbocycles. The molecule has 1 aliphatic heterocycles. The van der Waals surface area contributed by atoms with Crippen molar-refractivity contribution in [3.8, 4) is 0 Å². The van der Waals surface area contributed by atoms with Crippen molar-refractivity contribution in [1.29, 1.82) is 0 Å². The molecule has 5 nitrogen and oxygen atoms in total. The zero-order chi connectivity index (χ0) is 12.3. The highest BCUT2D eigenvalue weighted by Crippen LogP contribution is 2.25. The van der Waals surface area contributed by atoms with Crippen LogP contribution in [0.15, 0.2) is 18.3 Å². The summed E-state index contributed by atoms with van der Waals surface area (Å²) in [7, 11) is 0. The largest absolute Gasteiger partial charge is 0.373 e. The maximum atomic E-state index is 10.9. The fourth-order valence-corrected chi connectivity index (χ4v) is 1.90. The molecule has 0 bridgehead atoms. The van der Waals surface area contributed by atoms with E-state index in [1.165, 1.54) is 6.20 Å². The van der Waals surface area contributed by atoms with Crippen LogP contribution in [0.25, 0.3) is 0 Å². The number of pyridine rings is 1. The van der Waals surface area contributed by atoms with Gasteiger partial charge in [0, 0.05) is 19.3 Å². The summed E-state index contributed by atoms with van der Waals surface area (Å²) in [5, 5.41) is 3.21. The van der Waals surface area contributed by atoms with Gasteiger partial charge in [0.25, 0.3) is 0 Å². The molecule has 1 saturated heterocycles. The average Bonchev–Trinajstić information content (AvgIpc) is 2.75.